The van der Waals surface area contributed by atoms with Crippen LogP contribution in [0.25, 0.3) is 21.5 Å². The second kappa shape index (κ2) is 4.64. The number of benzene rings is 3. The molecule has 3 rings (SSSR count). The monoisotopic (exact) mass is 294 g/mol. The van der Waals surface area contributed by atoms with Gasteiger partial charge >= 0.3 is 0 Å². The molecule has 0 aromatic heterocycles. The molecule has 0 amide bonds. The van der Waals surface area contributed by atoms with Crippen molar-refractivity contribution in [1.82, 2.24) is 0 Å². The summed E-state index contributed by atoms with van der Waals surface area (Å²) in [6.07, 6.45) is 0. The van der Waals surface area contributed by atoms with Crippen LogP contribution >= 0.6 is 0 Å². The van der Waals surface area contributed by atoms with E-state index in [4.69, 9.17) is 0 Å². The molecule has 0 unspecified atom stereocenters. The summed E-state index contributed by atoms with van der Waals surface area (Å²) in [6.45, 7) is 12.1. The van der Waals surface area contributed by atoms with Crippen LogP contribution in [0.3, 0.4) is 0 Å². The molecule has 3 aromatic rings. The van der Waals surface area contributed by atoms with E-state index in [1.54, 1.807) is 0 Å². The maximum Gasteiger partial charge on any atom is 0.122 e. The third kappa shape index (κ3) is 1.73. The quantitative estimate of drug-likeness (QED) is 0.556. The van der Waals surface area contributed by atoms with Gasteiger partial charge in [-0.1, -0.05) is 0 Å². The minimum absolute atomic E-state index is 0.334. The zero-order valence-electron chi connectivity index (χ0n) is 14.0. The third-order valence-electron chi connectivity index (χ3n) is 5.02. The predicted molar refractivity (Wildman–Crippen MR) is 93.2 cm³/mol. The van der Waals surface area contributed by atoms with Gasteiger partial charge in [0.1, 0.15) is 11.5 Å². The average molecular weight is 294 g/mol. The van der Waals surface area contributed by atoms with Gasteiger partial charge in [0.15, 0.2) is 0 Å². The molecular weight excluding hydrogens is 272 g/mol. The third-order valence-corrected chi connectivity index (χ3v) is 5.02. The first-order valence-electron chi connectivity index (χ1n) is 7.60. The second-order valence-corrected chi connectivity index (χ2v) is 6.43. The number of rotatable bonds is 0. The molecule has 22 heavy (non-hydrogen) atoms. The van der Waals surface area contributed by atoms with Crippen LogP contribution in [-0.4, -0.2) is 10.2 Å². The molecule has 0 radical (unpaired) electrons. The summed E-state index contributed by atoms with van der Waals surface area (Å²) in [6, 6.07) is 3.91. The van der Waals surface area contributed by atoms with Gasteiger partial charge in [0.05, 0.1) is 0 Å². The zero-order chi connectivity index (χ0) is 16.3. The van der Waals surface area contributed by atoms with Crippen molar-refractivity contribution < 1.29 is 10.2 Å². The number of phenolic OH excluding ortho intramolecular Hbond substituents is 2. The Bertz CT molecular complexity index is 950. The lowest BCUT2D eigenvalue weighted by Gasteiger charge is -2.19. The molecule has 0 spiro atoms. The van der Waals surface area contributed by atoms with Gasteiger partial charge in [-0.15, -0.1) is 0 Å². The van der Waals surface area contributed by atoms with Gasteiger partial charge in [-0.3, -0.25) is 0 Å². The Morgan fingerprint density at radius 1 is 0.591 bits per heavy atom. The highest BCUT2D eigenvalue weighted by atomic mass is 16.3. The summed E-state index contributed by atoms with van der Waals surface area (Å²) >= 11 is 0. The average Bonchev–Trinajstić information content (AvgIpc) is 2.45. The fraction of sp³-hybridized carbons (Fsp3) is 0.300. The van der Waals surface area contributed by atoms with Gasteiger partial charge in [0, 0.05) is 0 Å². The van der Waals surface area contributed by atoms with Gasteiger partial charge in [-0.2, -0.15) is 0 Å². The van der Waals surface area contributed by atoms with Crippen molar-refractivity contribution in [2.45, 2.75) is 41.5 Å². The fourth-order valence-electron chi connectivity index (χ4n) is 3.86. The summed E-state index contributed by atoms with van der Waals surface area (Å²) in [5.74, 6) is 0.699. The predicted octanol–water partition coefficient (Wildman–Crippen LogP) is 5.25. The maximum absolute atomic E-state index is 10.3. The molecule has 2 N–H and O–H groups in total. The summed E-state index contributed by atoms with van der Waals surface area (Å²) in [5.41, 5.74) is 6.15. The Hall–Kier alpha value is -2.22. The summed E-state index contributed by atoms with van der Waals surface area (Å²) in [4.78, 5) is 0. The molecule has 3 aromatic carbocycles. The van der Waals surface area contributed by atoms with Crippen LogP contribution in [0.15, 0.2) is 12.1 Å². The van der Waals surface area contributed by atoms with Gasteiger partial charge in [-0.25, -0.2) is 0 Å². The van der Waals surface area contributed by atoms with Crippen LogP contribution in [0.1, 0.15) is 33.4 Å². The molecule has 0 aliphatic rings. The largest absolute Gasteiger partial charge is 0.508 e. The molecule has 0 saturated carbocycles. The molecule has 0 aliphatic heterocycles. The number of fused-ring (bicyclic) bond motifs is 2. The highest BCUT2D eigenvalue weighted by molar-refractivity contribution is 6.10. The zero-order valence-corrected chi connectivity index (χ0v) is 14.0. The van der Waals surface area contributed by atoms with E-state index in [1.807, 2.05) is 33.8 Å². The number of phenols is 2. The highest BCUT2D eigenvalue weighted by Gasteiger charge is 2.18. The van der Waals surface area contributed by atoms with Gasteiger partial charge in [-0.05, 0) is 109 Å². The van der Waals surface area contributed by atoms with Gasteiger partial charge in [0.25, 0.3) is 0 Å². The van der Waals surface area contributed by atoms with E-state index >= 15 is 0 Å². The van der Waals surface area contributed by atoms with Crippen LogP contribution in [0, 0.1) is 41.5 Å². The minimum Gasteiger partial charge on any atom is -0.508 e. The molecule has 0 saturated heterocycles. The number of hydrogen-bond acceptors (Lipinski definition) is 2. The first kappa shape index (κ1) is 14.7. The number of hydrogen-bond donors (Lipinski definition) is 2. The highest BCUT2D eigenvalue weighted by Crippen LogP contribution is 2.42. The van der Waals surface area contributed by atoms with E-state index in [0.717, 1.165) is 38.6 Å². The molecule has 0 fully saturated rings. The van der Waals surface area contributed by atoms with E-state index in [0.29, 0.717) is 11.5 Å². The van der Waals surface area contributed by atoms with E-state index in [2.05, 4.69) is 19.9 Å². The van der Waals surface area contributed by atoms with Crippen molar-refractivity contribution in [3.8, 4) is 11.5 Å². The van der Waals surface area contributed by atoms with Crippen LogP contribution in [0.5, 0.6) is 11.5 Å². The molecule has 0 heterocycles. The summed E-state index contributed by atoms with van der Waals surface area (Å²) in [5, 5.41) is 25.1. The Morgan fingerprint density at radius 3 is 1.86 bits per heavy atom. The molecule has 0 aliphatic carbocycles. The molecule has 2 heteroatoms. The molecular formula is C20H22O2. The Kier molecular flexibility index (Phi) is 3.10. The molecule has 114 valence electrons. The standard InChI is InChI=1S/C20H22O2/c1-9-8-16(21)12(4)19-13(5)18-14(6)20(22)10(2)7-15(18)11(3)17(9)19/h7-8,21-22H,1-6H3. The van der Waals surface area contributed by atoms with Crippen molar-refractivity contribution in [1.29, 1.82) is 0 Å². The Labute approximate surface area is 131 Å². The second-order valence-electron chi connectivity index (χ2n) is 6.43. The lowest BCUT2D eigenvalue weighted by molar-refractivity contribution is 0.468. The van der Waals surface area contributed by atoms with E-state index in [-0.39, 0.29) is 0 Å². The Morgan fingerprint density at radius 2 is 1.23 bits per heavy atom. The smallest absolute Gasteiger partial charge is 0.122 e. The van der Waals surface area contributed by atoms with Crippen LogP contribution in [0.2, 0.25) is 0 Å². The number of aromatic hydroxyl groups is 2. The van der Waals surface area contributed by atoms with Crippen molar-refractivity contribution >= 4 is 21.5 Å². The molecule has 2 nitrogen and oxygen atoms in total. The normalized spacial score (nSPS) is 11.5. The lowest BCUT2D eigenvalue weighted by Crippen LogP contribution is -1.96. The van der Waals surface area contributed by atoms with Crippen LogP contribution in [0.4, 0.5) is 0 Å². The van der Waals surface area contributed by atoms with E-state index < -0.39 is 0 Å². The van der Waals surface area contributed by atoms with Gasteiger partial charge in [0.2, 0.25) is 0 Å². The topological polar surface area (TPSA) is 40.5 Å². The summed E-state index contributed by atoms with van der Waals surface area (Å²) < 4.78 is 0. The number of aryl methyl sites for hydroxylation is 6. The van der Waals surface area contributed by atoms with Crippen molar-refractivity contribution in [2.75, 3.05) is 0 Å². The minimum atomic E-state index is 0.334. The first-order valence-corrected chi connectivity index (χ1v) is 7.60. The summed E-state index contributed by atoms with van der Waals surface area (Å²) in [7, 11) is 0. The SMILES string of the molecule is Cc1cc2c(C)c3c(C)cc(O)c(C)c3c(C)c2c(C)c1O. The fourth-order valence-corrected chi connectivity index (χ4v) is 3.86. The molecule has 0 bridgehead atoms. The van der Waals surface area contributed by atoms with Crippen LogP contribution < -0.4 is 0 Å². The first-order chi connectivity index (χ1) is 10.3. The van der Waals surface area contributed by atoms with Crippen molar-refractivity contribution in [3.05, 3.63) is 45.5 Å². The van der Waals surface area contributed by atoms with E-state index in [9.17, 15) is 10.2 Å². The lowest BCUT2D eigenvalue weighted by atomic mass is 9.85. The molecule has 0 atom stereocenters. The van der Waals surface area contributed by atoms with E-state index in [1.165, 1.54) is 16.3 Å². The van der Waals surface area contributed by atoms with Crippen molar-refractivity contribution in [3.63, 3.8) is 0 Å². The van der Waals surface area contributed by atoms with Gasteiger partial charge < -0.3 is 10.2 Å². The van der Waals surface area contributed by atoms with Crippen LogP contribution in [-0.2, 0) is 0 Å². The maximum atomic E-state index is 10.3. The Balaban J connectivity index is 2.75. The van der Waals surface area contributed by atoms with Crippen molar-refractivity contribution in [2.24, 2.45) is 0 Å².